The first-order valence-corrected chi connectivity index (χ1v) is 7.98. The van der Waals surface area contributed by atoms with Gasteiger partial charge in [-0.1, -0.05) is 0 Å². The number of aliphatic hydroxyl groups is 1. The second kappa shape index (κ2) is 5.90. The van der Waals surface area contributed by atoms with Crippen molar-refractivity contribution < 1.29 is 13.5 Å². The molecule has 0 spiro atoms. The maximum atomic E-state index is 12.5. The van der Waals surface area contributed by atoms with E-state index in [0.29, 0.717) is 25.1 Å². The zero-order valence-corrected chi connectivity index (χ0v) is 11.6. The van der Waals surface area contributed by atoms with Crippen molar-refractivity contribution in [2.75, 3.05) is 18.9 Å². The highest BCUT2D eigenvalue weighted by Crippen LogP contribution is 2.28. The molecule has 1 aromatic carbocycles. The van der Waals surface area contributed by atoms with Crippen LogP contribution < -0.4 is 5.73 Å². The molecule has 1 heterocycles. The SMILES string of the molecule is Nc1ccc(S(=O)(=O)N2CCCC2CCCO)cc1. The van der Waals surface area contributed by atoms with Crippen LogP contribution in [0.4, 0.5) is 5.69 Å². The molecule has 1 saturated heterocycles. The van der Waals surface area contributed by atoms with Gasteiger partial charge in [-0.3, -0.25) is 0 Å². The van der Waals surface area contributed by atoms with Crippen LogP contribution in [-0.4, -0.2) is 37.0 Å². The largest absolute Gasteiger partial charge is 0.399 e. The smallest absolute Gasteiger partial charge is 0.243 e. The number of rotatable bonds is 5. The predicted molar refractivity (Wildman–Crippen MR) is 74.1 cm³/mol. The number of hydrogen-bond donors (Lipinski definition) is 2. The van der Waals surface area contributed by atoms with E-state index >= 15 is 0 Å². The number of nitrogens with two attached hydrogens (primary N) is 1. The predicted octanol–water partition coefficient (Wildman–Crippen LogP) is 1.19. The molecule has 0 aromatic heterocycles. The van der Waals surface area contributed by atoms with Crippen molar-refractivity contribution in [3.8, 4) is 0 Å². The van der Waals surface area contributed by atoms with Crippen molar-refractivity contribution in [3.63, 3.8) is 0 Å². The Balaban J connectivity index is 2.21. The molecule has 5 nitrogen and oxygen atoms in total. The standard InChI is InChI=1S/C13H20N2O3S/c14-11-5-7-13(8-6-11)19(17,18)15-9-1-3-12(15)4-2-10-16/h5-8,12,16H,1-4,9-10,14H2. The fraction of sp³-hybridized carbons (Fsp3) is 0.538. The zero-order valence-electron chi connectivity index (χ0n) is 10.8. The maximum Gasteiger partial charge on any atom is 0.243 e. The van der Waals surface area contributed by atoms with Gasteiger partial charge < -0.3 is 10.8 Å². The molecule has 1 aliphatic heterocycles. The summed E-state index contributed by atoms with van der Waals surface area (Å²) in [4.78, 5) is 0.289. The summed E-state index contributed by atoms with van der Waals surface area (Å²) < 4.78 is 26.6. The van der Waals surface area contributed by atoms with E-state index in [1.54, 1.807) is 28.6 Å². The van der Waals surface area contributed by atoms with Gasteiger partial charge >= 0.3 is 0 Å². The zero-order chi connectivity index (χ0) is 13.9. The molecule has 1 aliphatic rings. The minimum atomic E-state index is -3.44. The summed E-state index contributed by atoms with van der Waals surface area (Å²) in [7, 11) is -3.44. The van der Waals surface area contributed by atoms with Crippen LogP contribution >= 0.6 is 0 Å². The minimum absolute atomic E-state index is 0.00898. The molecule has 0 amide bonds. The average Bonchev–Trinajstić information content (AvgIpc) is 2.86. The number of nitrogens with zero attached hydrogens (tertiary/aromatic N) is 1. The summed E-state index contributed by atoms with van der Waals surface area (Å²) >= 11 is 0. The number of aliphatic hydroxyl groups excluding tert-OH is 1. The molecule has 1 unspecified atom stereocenters. The van der Waals surface area contributed by atoms with E-state index in [0.717, 1.165) is 12.8 Å². The summed E-state index contributed by atoms with van der Waals surface area (Å²) in [6, 6.07) is 6.31. The van der Waals surface area contributed by atoms with Crippen molar-refractivity contribution in [3.05, 3.63) is 24.3 Å². The molecule has 1 fully saturated rings. The third-order valence-electron chi connectivity index (χ3n) is 3.51. The molecule has 1 aromatic rings. The van der Waals surface area contributed by atoms with Crippen LogP contribution in [0.5, 0.6) is 0 Å². The molecule has 0 saturated carbocycles. The Hall–Kier alpha value is -1.11. The van der Waals surface area contributed by atoms with Gasteiger partial charge in [-0.15, -0.1) is 0 Å². The Morgan fingerprint density at radius 1 is 1.32 bits per heavy atom. The maximum absolute atomic E-state index is 12.5. The van der Waals surface area contributed by atoms with E-state index < -0.39 is 10.0 Å². The first-order valence-electron chi connectivity index (χ1n) is 6.54. The molecule has 0 bridgehead atoms. The average molecular weight is 284 g/mol. The fourth-order valence-corrected chi connectivity index (χ4v) is 4.24. The van der Waals surface area contributed by atoms with Crippen LogP contribution in [0.3, 0.4) is 0 Å². The summed E-state index contributed by atoms with van der Waals surface area (Å²) in [6.45, 7) is 0.662. The van der Waals surface area contributed by atoms with Crippen LogP contribution in [0.15, 0.2) is 29.2 Å². The highest BCUT2D eigenvalue weighted by Gasteiger charge is 2.34. The molecule has 6 heteroatoms. The van der Waals surface area contributed by atoms with Gasteiger partial charge in [-0.05, 0) is 49.9 Å². The highest BCUT2D eigenvalue weighted by molar-refractivity contribution is 7.89. The molecular formula is C13H20N2O3S. The number of hydrogen-bond acceptors (Lipinski definition) is 4. The molecule has 19 heavy (non-hydrogen) atoms. The van der Waals surface area contributed by atoms with E-state index in [9.17, 15) is 8.42 Å². The van der Waals surface area contributed by atoms with Crippen LogP contribution in [0.1, 0.15) is 25.7 Å². The second-order valence-electron chi connectivity index (χ2n) is 4.85. The number of nitrogen functional groups attached to an aromatic ring is 1. The minimum Gasteiger partial charge on any atom is -0.399 e. The molecule has 1 atom stereocenters. The molecular weight excluding hydrogens is 264 g/mol. The van der Waals surface area contributed by atoms with Crippen molar-refractivity contribution >= 4 is 15.7 Å². The van der Waals surface area contributed by atoms with Crippen LogP contribution in [0.25, 0.3) is 0 Å². The van der Waals surface area contributed by atoms with Gasteiger partial charge in [-0.25, -0.2) is 8.42 Å². The van der Waals surface area contributed by atoms with Crippen LogP contribution in [0, 0.1) is 0 Å². The Morgan fingerprint density at radius 2 is 2.00 bits per heavy atom. The normalized spacial score (nSPS) is 20.8. The Kier molecular flexibility index (Phi) is 4.44. The topological polar surface area (TPSA) is 83.6 Å². The lowest BCUT2D eigenvalue weighted by molar-refractivity contribution is 0.264. The molecule has 0 radical (unpaired) electrons. The molecule has 3 N–H and O–H groups in total. The third kappa shape index (κ3) is 3.08. The Bertz CT molecular complexity index is 513. The van der Waals surface area contributed by atoms with Gasteiger partial charge in [0.1, 0.15) is 0 Å². The van der Waals surface area contributed by atoms with Gasteiger partial charge in [0.2, 0.25) is 10.0 Å². The van der Waals surface area contributed by atoms with Gasteiger partial charge in [0.15, 0.2) is 0 Å². The highest BCUT2D eigenvalue weighted by atomic mass is 32.2. The fourth-order valence-electron chi connectivity index (χ4n) is 2.52. The lowest BCUT2D eigenvalue weighted by Crippen LogP contribution is -2.35. The monoisotopic (exact) mass is 284 g/mol. The lowest BCUT2D eigenvalue weighted by Gasteiger charge is -2.24. The van der Waals surface area contributed by atoms with Crippen molar-refractivity contribution in [2.45, 2.75) is 36.6 Å². The number of benzene rings is 1. The Morgan fingerprint density at radius 3 is 2.63 bits per heavy atom. The summed E-state index contributed by atoms with van der Waals surface area (Å²) in [5.74, 6) is 0. The van der Waals surface area contributed by atoms with Crippen LogP contribution in [0.2, 0.25) is 0 Å². The van der Waals surface area contributed by atoms with E-state index in [4.69, 9.17) is 10.8 Å². The van der Waals surface area contributed by atoms with Crippen molar-refractivity contribution in [2.24, 2.45) is 0 Å². The molecule has 106 valence electrons. The van der Waals surface area contributed by atoms with E-state index in [-0.39, 0.29) is 17.5 Å². The summed E-state index contributed by atoms with van der Waals surface area (Å²) in [5.41, 5.74) is 6.13. The van der Waals surface area contributed by atoms with Crippen LogP contribution in [-0.2, 0) is 10.0 Å². The van der Waals surface area contributed by atoms with E-state index in [2.05, 4.69) is 0 Å². The molecule has 0 aliphatic carbocycles. The second-order valence-corrected chi connectivity index (χ2v) is 6.74. The summed E-state index contributed by atoms with van der Waals surface area (Å²) in [5, 5.41) is 8.88. The summed E-state index contributed by atoms with van der Waals surface area (Å²) in [6.07, 6.45) is 3.10. The van der Waals surface area contributed by atoms with Gasteiger partial charge in [0, 0.05) is 24.9 Å². The van der Waals surface area contributed by atoms with E-state index in [1.807, 2.05) is 0 Å². The van der Waals surface area contributed by atoms with Crippen molar-refractivity contribution in [1.82, 2.24) is 4.31 Å². The first-order chi connectivity index (χ1) is 9.05. The van der Waals surface area contributed by atoms with Gasteiger partial charge in [-0.2, -0.15) is 4.31 Å². The quantitative estimate of drug-likeness (QED) is 0.796. The third-order valence-corrected chi connectivity index (χ3v) is 5.47. The van der Waals surface area contributed by atoms with Crippen molar-refractivity contribution in [1.29, 1.82) is 0 Å². The first kappa shape index (κ1) is 14.3. The number of sulfonamides is 1. The lowest BCUT2D eigenvalue weighted by atomic mass is 10.1. The number of anilines is 1. The van der Waals surface area contributed by atoms with Gasteiger partial charge in [0.25, 0.3) is 0 Å². The Labute approximate surface area is 114 Å². The van der Waals surface area contributed by atoms with Gasteiger partial charge in [0.05, 0.1) is 4.90 Å². The van der Waals surface area contributed by atoms with E-state index in [1.165, 1.54) is 0 Å². The molecule has 2 rings (SSSR count).